The molecule has 116 valence electrons. The van der Waals surface area contributed by atoms with Gasteiger partial charge >= 0.3 is 0 Å². The molecular weight excluding hydrogens is 305 g/mol. The average Bonchev–Trinajstić information content (AvgIpc) is 3.26. The second-order valence-corrected chi connectivity index (χ2v) is 6.58. The largest absolute Gasteiger partial charge is 0.416 e. The van der Waals surface area contributed by atoms with Gasteiger partial charge in [-0.05, 0) is 37.5 Å². The van der Waals surface area contributed by atoms with E-state index in [2.05, 4.69) is 15.5 Å². The van der Waals surface area contributed by atoms with Crippen LogP contribution >= 0.6 is 11.8 Å². The van der Waals surface area contributed by atoms with Gasteiger partial charge in [0.15, 0.2) is 0 Å². The maximum atomic E-state index is 12.8. The highest BCUT2D eigenvalue weighted by Gasteiger charge is 2.30. The van der Waals surface area contributed by atoms with Crippen molar-refractivity contribution in [2.75, 3.05) is 0 Å². The Balaban J connectivity index is 1.49. The zero-order valence-corrected chi connectivity index (χ0v) is 12.9. The molecule has 1 heterocycles. The summed E-state index contributed by atoms with van der Waals surface area (Å²) in [5.74, 6) is 0.660. The molecule has 0 radical (unpaired) electrons. The third-order valence-electron chi connectivity index (χ3n) is 3.38. The molecule has 3 rings (SSSR count). The zero-order chi connectivity index (χ0) is 15.5. The summed E-state index contributed by atoms with van der Waals surface area (Å²) in [6, 6.07) is 6.04. The number of rotatable bonds is 6. The smallest absolute Gasteiger partial charge is 0.277 e. The van der Waals surface area contributed by atoms with Gasteiger partial charge in [-0.25, -0.2) is 4.39 Å². The first kappa shape index (κ1) is 15.0. The molecule has 22 heavy (non-hydrogen) atoms. The Morgan fingerprint density at radius 2 is 2.14 bits per heavy atom. The first-order valence-corrected chi connectivity index (χ1v) is 8.02. The van der Waals surface area contributed by atoms with Gasteiger partial charge in [-0.15, -0.1) is 10.2 Å². The van der Waals surface area contributed by atoms with Crippen molar-refractivity contribution in [3.63, 3.8) is 0 Å². The first-order chi connectivity index (χ1) is 10.6. The van der Waals surface area contributed by atoms with Crippen LogP contribution in [0, 0.1) is 5.82 Å². The number of nitrogens with zero attached hydrogens (tertiary/aromatic N) is 2. The van der Waals surface area contributed by atoms with E-state index >= 15 is 0 Å². The van der Waals surface area contributed by atoms with E-state index in [1.54, 1.807) is 19.1 Å². The molecule has 0 bridgehead atoms. The predicted octanol–water partition coefficient (Wildman–Crippen LogP) is 2.88. The van der Waals surface area contributed by atoms with Crippen LogP contribution in [0.15, 0.2) is 33.9 Å². The lowest BCUT2D eigenvalue weighted by molar-refractivity contribution is -0.120. The molecule has 7 heteroatoms. The molecule has 1 saturated carbocycles. The molecule has 2 aromatic rings. The Morgan fingerprint density at radius 3 is 2.82 bits per heavy atom. The molecule has 0 saturated heterocycles. The van der Waals surface area contributed by atoms with E-state index in [4.69, 9.17) is 4.42 Å². The maximum absolute atomic E-state index is 12.8. The average molecular weight is 321 g/mol. The van der Waals surface area contributed by atoms with Crippen LogP contribution in [0.4, 0.5) is 4.39 Å². The Labute approximate surface area is 131 Å². The zero-order valence-electron chi connectivity index (χ0n) is 12.1. The van der Waals surface area contributed by atoms with Gasteiger partial charge in [0.1, 0.15) is 5.82 Å². The van der Waals surface area contributed by atoms with E-state index in [9.17, 15) is 9.18 Å². The van der Waals surface area contributed by atoms with Gasteiger partial charge < -0.3 is 9.73 Å². The van der Waals surface area contributed by atoms with Crippen molar-refractivity contribution in [3.05, 3.63) is 41.5 Å². The number of thioether (sulfide) groups is 1. The molecule has 1 aliphatic carbocycles. The van der Waals surface area contributed by atoms with Crippen molar-refractivity contribution in [3.8, 4) is 0 Å². The van der Waals surface area contributed by atoms with Crippen molar-refractivity contribution in [1.82, 2.24) is 15.5 Å². The van der Waals surface area contributed by atoms with Crippen LogP contribution in [0.3, 0.4) is 0 Å². The van der Waals surface area contributed by atoms with Crippen LogP contribution in [0.2, 0.25) is 0 Å². The fraction of sp³-hybridized carbons (Fsp3) is 0.400. The summed E-state index contributed by atoms with van der Waals surface area (Å²) in [6.07, 6.45) is 2.19. The number of carbonyl (C=O) groups excluding carboxylic acids is 1. The van der Waals surface area contributed by atoms with Gasteiger partial charge in [-0.2, -0.15) is 0 Å². The summed E-state index contributed by atoms with van der Waals surface area (Å²) in [5, 5.41) is 10.8. The summed E-state index contributed by atoms with van der Waals surface area (Å²) < 4.78 is 18.3. The number of hydrogen-bond donors (Lipinski definition) is 1. The number of hydrogen-bond acceptors (Lipinski definition) is 5. The minimum Gasteiger partial charge on any atom is -0.416 e. The third-order valence-corrected chi connectivity index (χ3v) is 4.31. The van der Waals surface area contributed by atoms with E-state index in [1.807, 2.05) is 0 Å². The molecule has 1 atom stereocenters. The normalized spacial score (nSPS) is 15.5. The highest BCUT2D eigenvalue weighted by atomic mass is 32.2. The van der Waals surface area contributed by atoms with E-state index in [0.29, 0.717) is 23.6 Å². The summed E-state index contributed by atoms with van der Waals surface area (Å²) in [7, 11) is 0. The lowest BCUT2D eigenvalue weighted by Crippen LogP contribution is -2.30. The van der Waals surface area contributed by atoms with Crippen LogP contribution < -0.4 is 5.32 Å². The minimum atomic E-state index is -0.340. The van der Waals surface area contributed by atoms with Gasteiger partial charge in [0.25, 0.3) is 5.22 Å². The van der Waals surface area contributed by atoms with Crippen molar-refractivity contribution in [2.24, 2.45) is 0 Å². The van der Waals surface area contributed by atoms with E-state index in [0.717, 1.165) is 18.4 Å². The van der Waals surface area contributed by atoms with Crippen LogP contribution in [-0.4, -0.2) is 21.4 Å². The van der Waals surface area contributed by atoms with E-state index in [-0.39, 0.29) is 17.0 Å². The fourth-order valence-electron chi connectivity index (χ4n) is 1.90. The van der Waals surface area contributed by atoms with Crippen LogP contribution in [-0.2, 0) is 11.3 Å². The van der Waals surface area contributed by atoms with Crippen LogP contribution in [0.25, 0.3) is 0 Å². The van der Waals surface area contributed by atoms with Gasteiger partial charge in [0.05, 0.1) is 5.25 Å². The van der Waals surface area contributed by atoms with Crippen LogP contribution in [0.5, 0.6) is 0 Å². The molecule has 1 aromatic carbocycles. The molecule has 0 unspecified atom stereocenters. The first-order valence-electron chi connectivity index (χ1n) is 7.14. The second kappa shape index (κ2) is 6.48. The van der Waals surface area contributed by atoms with E-state index in [1.165, 1.54) is 23.9 Å². The monoisotopic (exact) mass is 321 g/mol. The van der Waals surface area contributed by atoms with Crippen molar-refractivity contribution in [2.45, 2.75) is 42.7 Å². The predicted molar refractivity (Wildman–Crippen MR) is 79.8 cm³/mol. The molecule has 5 nitrogen and oxygen atoms in total. The van der Waals surface area contributed by atoms with Gasteiger partial charge in [-0.1, -0.05) is 23.9 Å². The molecule has 0 spiro atoms. The quantitative estimate of drug-likeness (QED) is 0.829. The SMILES string of the molecule is C[C@H](Sc1nnc(C2CC2)o1)C(=O)NCc1ccc(F)cc1. The Morgan fingerprint density at radius 1 is 1.41 bits per heavy atom. The fourth-order valence-corrected chi connectivity index (χ4v) is 2.62. The van der Waals surface area contributed by atoms with Gasteiger partial charge in [0, 0.05) is 12.5 Å². The molecule has 1 amide bonds. The summed E-state index contributed by atoms with van der Waals surface area (Å²) >= 11 is 1.24. The summed E-state index contributed by atoms with van der Waals surface area (Å²) in [4.78, 5) is 12.0. The topological polar surface area (TPSA) is 68.0 Å². The summed E-state index contributed by atoms with van der Waals surface area (Å²) in [6.45, 7) is 2.15. The lowest BCUT2D eigenvalue weighted by Gasteiger charge is -2.09. The maximum Gasteiger partial charge on any atom is 0.277 e. The number of nitrogens with one attached hydrogen (secondary N) is 1. The minimum absolute atomic E-state index is 0.125. The van der Waals surface area contributed by atoms with Crippen molar-refractivity contribution in [1.29, 1.82) is 0 Å². The van der Waals surface area contributed by atoms with Crippen LogP contribution in [0.1, 0.15) is 37.1 Å². The molecule has 1 aliphatic rings. The highest BCUT2D eigenvalue weighted by Crippen LogP contribution is 2.40. The number of carbonyl (C=O) groups is 1. The molecule has 1 aromatic heterocycles. The molecule has 1 N–H and O–H groups in total. The standard InChI is InChI=1S/C15H16FN3O2S/c1-9(22-15-19-18-14(21-15)11-4-5-11)13(20)17-8-10-2-6-12(16)7-3-10/h2-3,6-7,9,11H,4-5,8H2,1H3,(H,17,20)/t9-/m0/s1. The molecule has 0 aliphatic heterocycles. The highest BCUT2D eigenvalue weighted by molar-refractivity contribution is 8.00. The van der Waals surface area contributed by atoms with Gasteiger partial charge in [-0.3, -0.25) is 4.79 Å². The Hall–Kier alpha value is -1.89. The number of halogens is 1. The Bertz CT molecular complexity index is 655. The number of aromatic nitrogens is 2. The number of amides is 1. The van der Waals surface area contributed by atoms with Crippen molar-refractivity contribution < 1.29 is 13.6 Å². The van der Waals surface area contributed by atoms with Crippen molar-refractivity contribution >= 4 is 17.7 Å². The lowest BCUT2D eigenvalue weighted by atomic mass is 10.2. The molecular formula is C15H16FN3O2S. The van der Waals surface area contributed by atoms with E-state index < -0.39 is 0 Å². The Kier molecular flexibility index (Phi) is 4.42. The third kappa shape index (κ3) is 3.85. The van der Waals surface area contributed by atoms with Gasteiger partial charge in [0.2, 0.25) is 11.8 Å². The summed E-state index contributed by atoms with van der Waals surface area (Å²) in [5.41, 5.74) is 0.848. The number of benzene rings is 1. The molecule has 1 fully saturated rings. The second-order valence-electron chi connectivity index (χ2n) is 5.28.